The summed E-state index contributed by atoms with van der Waals surface area (Å²) in [5.74, 6) is 0.967. The molecule has 0 aromatic heterocycles. The van der Waals surface area contributed by atoms with Crippen molar-refractivity contribution in [3.05, 3.63) is 60.2 Å². The SMILES string of the molecule is O=C(c1cccc(S(=O)(=O)NC2CCCC2)c1)N1CCCC(COc2ccccc2)C1. The lowest BCUT2D eigenvalue weighted by Gasteiger charge is -2.32. The maximum absolute atomic E-state index is 13.1. The van der Waals surface area contributed by atoms with Crippen LogP contribution in [-0.4, -0.2) is 45.0 Å². The highest BCUT2D eigenvalue weighted by atomic mass is 32.2. The lowest BCUT2D eigenvalue weighted by molar-refractivity contribution is 0.0633. The van der Waals surface area contributed by atoms with Crippen LogP contribution in [0.15, 0.2) is 59.5 Å². The highest BCUT2D eigenvalue weighted by molar-refractivity contribution is 7.89. The summed E-state index contributed by atoms with van der Waals surface area (Å²) in [4.78, 5) is 15.1. The third-order valence-corrected chi connectivity index (χ3v) is 7.62. The van der Waals surface area contributed by atoms with Crippen LogP contribution in [0, 0.1) is 5.92 Å². The molecule has 4 rings (SSSR count). The van der Waals surface area contributed by atoms with Crippen molar-refractivity contribution in [1.82, 2.24) is 9.62 Å². The van der Waals surface area contributed by atoms with Gasteiger partial charge in [0.2, 0.25) is 10.0 Å². The Labute approximate surface area is 184 Å². The molecule has 1 aliphatic heterocycles. The molecule has 1 atom stereocenters. The molecule has 0 radical (unpaired) electrons. The number of nitrogens with one attached hydrogen (secondary N) is 1. The molecule has 7 heteroatoms. The van der Waals surface area contributed by atoms with Gasteiger partial charge < -0.3 is 9.64 Å². The number of hydrogen-bond donors (Lipinski definition) is 1. The number of likely N-dealkylation sites (tertiary alicyclic amines) is 1. The van der Waals surface area contributed by atoms with Crippen molar-refractivity contribution in [3.8, 4) is 5.75 Å². The monoisotopic (exact) mass is 442 g/mol. The van der Waals surface area contributed by atoms with Crippen LogP contribution in [0.5, 0.6) is 5.75 Å². The van der Waals surface area contributed by atoms with Gasteiger partial charge in [-0.1, -0.05) is 37.1 Å². The summed E-state index contributed by atoms with van der Waals surface area (Å²) >= 11 is 0. The van der Waals surface area contributed by atoms with Gasteiger partial charge >= 0.3 is 0 Å². The van der Waals surface area contributed by atoms with Gasteiger partial charge in [0, 0.05) is 30.6 Å². The Hall–Kier alpha value is -2.38. The molecule has 2 fully saturated rings. The molecule has 1 saturated heterocycles. The fourth-order valence-electron chi connectivity index (χ4n) is 4.43. The zero-order chi connectivity index (χ0) is 21.7. The van der Waals surface area contributed by atoms with Crippen molar-refractivity contribution in [2.75, 3.05) is 19.7 Å². The van der Waals surface area contributed by atoms with E-state index >= 15 is 0 Å². The largest absolute Gasteiger partial charge is 0.493 e. The molecule has 1 N–H and O–H groups in total. The van der Waals surface area contributed by atoms with E-state index in [1.54, 1.807) is 18.2 Å². The van der Waals surface area contributed by atoms with Crippen LogP contribution in [0.25, 0.3) is 0 Å². The number of amides is 1. The average Bonchev–Trinajstić information content (AvgIpc) is 3.30. The smallest absolute Gasteiger partial charge is 0.253 e. The van der Waals surface area contributed by atoms with Crippen molar-refractivity contribution in [2.24, 2.45) is 5.92 Å². The molecular formula is C24H30N2O4S. The number of sulfonamides is 1. The predicted molar refractivity (Wildman–Crippen MR) is 120 cm³/mol. The van der Waals surface area contributed by atoms with Gasteiger partial charge in [0.05, 0.1) is 11.5 Å². The molecule has 2 aromatic carbocycles. The molecule has 2 aliphatic rings. The summed E-state index contributed by atoms with van der Waals surface area (Å²) in [6, 6.07) is 16.1. The van der Waals surface area contributed by atoms with Crippen LogP contribution in [0.1, 0.15) is 48.9 Å². The van der Waals surface area contributed by atoms with E-state index in [1.165, 1.54) is 6.07 Å². The Kier molecular flexibility index (Phi) is 6.92. The molecule has 0 bridgehead atoms. The molecule has 2 aromatic rings. The zero-order valence-corrected chi connectivity index (χ0v) is 18.5. The quantitative estimate of drug-likeness (QED) is 0.707. The molecule has 0 spiro atoms. The summed E-state index contributed by atoms with van der Waals surface area (Å²) in [6.07, 6.45) is 5.77. The molecule has 6 nitrogen and oxygen atoms in total. The normalized spacial score (nSPS) is 20.0. The highest BCUT2D eigenvalue weighted by Crippen LogP contribution is 2.23. The van der Waals surface area contributed by atoms with Gasteiger partial charge in [0.25, 0.3) is 5.91 Å². The number of nitrogens with zero attached hydrogens (tertiary/aromatic N) is 1. The summed E-state index contributed by atoms with van der Waals surface area (Å²) in [5.41, 5.74) is 0.416. The van der Waals surface area contributed by atoms with E-state index < -0.39 is 10.0 Å². The summed E-state index contributed by atoms with van der Waals surface area (Å²) in [5, 5.41) is 0. The number of hydrogen-bond acceptors (Lipinski definition) is 4. The van der Waals surface area contributed by atoms with Crippen molar-refractivity contribution >= 4 is 15.9 Å². The second-order valence-corrected chi connectivity index (χ2v) is 10.2. The average molecular weight is 443 g/mol. The topological polar surface area (TPSA) is 75.7 Å². The van der Waals surface area contributed by atoms with E-state index in [0.29, 0.717) is 25.3 Å². The number of benzene rings is 2. The molecule has 1 saturated carbocycles. The number of piperidine rings is 1. The van der Waals surface area contributed by atoms with Gasteiger partial charge in [-0.15, -0.1) is 0 Å². The standard InChI is InChI=1S/C24H30N2O4S/c27-24(26-15-7-8-19(17-26)18-30-22-12-2-1-3-13-22)20-9-6-14-23(16-20)31(28,29)25-21-10-4-5-11-21/h1-3,6,9,12-14,16,19,21,25H,4-5,7-8,10-11,15,17-18H2. The lowest BCUT2D eigenvalue weighted by atomic mass is 9.98. The maximum Gasteiger partial charge on any atom is 0.253 e. The first-order valence-corrected chi connectivity index (χ1v) is 12.6. The second-order valence-electron chi connectivity index (χ2n) is 8.51. The van der Waals surface area contributed by atoms with E-state index in [1.807, 2.05) is 35.2 Å². The maximum atomic E-state index is 13.1. The van der Waals surface area contributed by atoms with Gasteiger partial charge in [-0.3, -0.25) is 4.79 Å². The van der Waals surface area contributed by atoms with Crippen LogP contribution >= 0.6 is 0 Å². The minimum absolute atomic E-state index is 0.00294. The minimum atomic E-state index is -3.62. The van der Waals surface area contributed by atoms with Crippen LogP contribution < -0.4 is 9.46 Å². The summed E-state index contributed by atoms with van der Waals surface area (Å²) in [6.45, 7) is 1.86. The summed E-state index contributed by atoms with van der Waals surface area (Å²) < 4.78 is 34.2. The molecule has 166 valence electrons. The van der Waals surface area contributed by atoms with E-state index in [2.05, 4.69) is 4.72 Å². The minimum Gasteiger partial charge on any atom is -0.493 e. The molecule has 1 aliphatic carbocycles. The Morgan fingerprint density at radius 1 is 1.00 bits per heavy atom. The number of carbonyl (C=O) groups is 1. The Morgan fingerprint density at radius 3 is 2.55 bits per heavy atom. The number of rotatable bonds is 7. The highest BCUT2D eigenvalue weighted by Gasteiger charge is 2.27. The van der Waals surface area contributed by atoms with Crippen LogP contribution in [0.4, 0.5) is 0 Å². The Morgan fingerprint density at radius 2 is 1.77 bits per heavy atom. The molecule has 1 unspecified atom stereocenters. The number of carbonyl (C=O) groups excluding carboxylic acids is 1. The molecule has 31 heavy (non-hydrogen) atoms. The third kappa shape index (κ3) is 5.66. The van der Waals surface area contributed by atoms with Crippen molar-refractivity contribution in [3.63, 3.8) is 0 Å². The van der Waals surface area contributed by atoms with Gasteiger partial charge in [0.15, 0.2) is 0 Å². The predicted octanol–water partition coefficient (Wildman–Crippen LogP) is 3.84. The van der Waals surface area contributed by atoms with Gasteiger partial charge in [0.1, 0.15) is 5.75 Å². The van der Waals surface area contributed by atoms with Crippen molar-refractivity contribution < 1.29 is 17.9 Å². The van der Waals surface area contributed by atoms with Gasteiger partial charge in [-0.25, -0.2) is 13.1 Å². The van der Waals surface area contributed by atoms with Crippen molar-refractivity contribution in [1.29, 1.82) is 0 Å². The van der Waals surface area contributed by atoms with E-state index in [4.69, 9.17) is 4.74 Å². The lowest BCUT2D eigenvalue weighted by Crippen LogP contribution is -2.41. The molecular weight excluding hydrogens is 412 g/mol. The van der Waals surface area contributed by atoms with Crippen LogP contribution in [0.2, 0.25) is 0 Å². The molecule has 1 heterocycles. The Balaban J connectivity index is 1.39. The first-order chi connectivity index (χ1) is 15.0. The van der Waals surface area contributed by atoms with Crippen LogP contribution in [0.3, 0.4) is 0 Å². The fraction of sp³-hybridized carbons (Fsp3) is 0.458. The summed E-state index contributed by atoms with van der Waals surface area (Å²) in [7, 11) is -3.62. The molecule has 1 amide bonds. The first-order valence-electron chi connectivity index (χ1n) is 11.1. The van der Waals surface area contributed by atoms with E-state index in [-0.39, 0.29) is 22.8 Å². The fourth-order valence-corrected chi connectivity index (χ4v) is 5.78. The number of para-hydroxylation sites is 1. The van der Waals surface area contributed by atoms with E-state index in [0.717, 1.165) is 44.3 Å². The van der Waals surface area contributed by atoms with E-state index in [9.17, 15) is 13.2 Å². The number of ether oxygens (including phenoxy) is 1. The van der Waals surface area contributed by atoms with Gasteiger partial charge in [-0.05, 0) is 56.0 Å². The van der Waals surface area contributed by atoms with Crippen LogP contribution in [-0.2, 0) is 10.0 Å². The second kappa shape index (κ2) is 9.83. The first kappa shape index (κ1) is 21.8. The van der Waals surface area contributed by atoms with Gasteiger partial charge in [-0.2, -0.15) is 0 Å². The van der Waals surface area contributed by atoms with Crippen molar-refractivity contribution in [2.45, 2.75) is 49.5 Å². The zero-order valence-electron chi connectivity index (χ0n) is 17.7. The Bertz CT molecular complexity index is 988. The third-order valence-electron chi connectivity index (χ3n) is 6.10.